The molecule has 22 heavy (non-hydrogen) atoms. The van der Waals surface area contributed by atoms with Crippen LogP contribution in [0, 0.1) is 0 Å². The van der Waals surface area contributed by atoms with E-state index in [2.05, 4.69) is 36.4 Å². The standard InChI is InChI=1S/C20H17NO/c21-18-10-5-9-16-13-17(18)20-15(8-4-11-19(20)22-16)12-14-6-2-1-3-7-14/h1-11H,12-13,21H2. The van der Waals surface area contributed by atoms with E-state index in [1.165, 1.54) is 16.7 Å². The van der Waals surface area contributed by atoms with Crippen molar-refractivity contribution in [3.05, 3.63) is 94.9 Å². The highest BCUT2D eigenvalue weighted by Gasteiger charge is 2.24. The van der Waals surface area contributed by atoms with Crippen LogP contribution in [-0.4, -0.2) is 0 Å². The molecule has 0 saturated carbocycles. The molecule has 2 nitrogen and oxygen atoms in total. The maximum Gasteiger partial charge on any atom is 0.134 e. The normalized spacial score (nSPS) is 15.7. The summed E-state index contributed by atoms with van der Waals surface area (Å²) in [6.07, 6.45) is 7.55. The minimum absolute atomic E-state index is 0.762. The molecule has 2 aromatic carbocycles. The number of hydrogen-bond acceptors (Lipinski definition) is 2. The summed E-state index contributed by atoms with van der Waals surface area (Å²) in [7, 11) is 0. The fourth-order valence-electron chi connectivity index (χ4n) is 3.11. The van der Waals surface area contributed by atoms with Gasteiger partial charge in [0.1, 0.15) is 11.5 Å². The molecule has 2 aromatic rings. The van der Waals surface area contributed by atoms with Crippen LogP contribution in [0.2, 0.25) is 0 Å². The van der Waals surface area contributed by atoms with Crippen molar-refractivity contribution in [1.82, 2.24) is 0 Å². The topological polar surface area (TPSA) is 35.2 Å². The number of benzene rings is 2. The smallest absolute Gasteiger partial charge is 0.134 e. The predicted molar refractivity (Wildman–Crippen MR) is 89.3 cm³/mol. The average molecular weight is 287 g/mol. The van der Waals surface area contributed by atoms with Crippen molar-refractivity contribution in [2.24, 2.45) is 5.73 Å². The van der Waals surface area contributed by atoms with Crippen LogP contribution in [0.4, 0.5) is 0 Å². The molecule has 0 aromatic heterocycles. The van der Waals surface area contributed by atoms with E-state index >= 15 is 0 Å². The van der Waals surface area contributed by atoms with Gasteiger partial charge in [0.25, 0.3) is 0 Å². The Bertz CT molecular complexity index is 813. The second kappa shape index (κ2) is 5.23. The molecule has 108 valence electrons. The van der Waals surface area contributed by atoms with Gasteiger partial charge in [0, 0.05) is 17.7 Å². The molecule has 2 aliphatic rings. The summed E-state index contributed by atoms with van der Waals surface area (Å²) in [5.41, 5.74) is 12.0. The lowest BCUT2D eigenvalue weighted by atomic mass is 9.89. The Morgan fingerprint density at radius 1 is 1.00 bits per heavy atom. The van der Waals surface area contributed by atoms with E-state index in [0.29, 0.717) is 0 Å². The summed E-state index contributed by atoms with van der Waals surface area (Å²) in [6.45, 7) is 0. The van der Waals surface area contributed by atoms with Gasteiger partial charge in [-0.25, -0.2) is 0 Å². The van der Waals surface area contributed by atoms with E-state index in [-0.39, 0.29) is 0 Å². The van der Waals surface area contributed by atoms with Crippen molar-refractivity contribution in [3.8, 4) is 5.75 Å². The van der Waals surface area contributed by atoms with Gasteiger partial charge in [0.05, 0.1) is 0 Å². The minimum Gasteiger partial charge on any atom is -0.461 e. The zero-order valence-electron chi connectivity index (χ0n) is 12.3. The van der Waals surface area contributed by atoms with Crippen molar-refractivity contribution in [1.29, 1.82) is 0 Å². The van der Waals surface area contributed by atoms with Crippen LogP contribution in [0.15, 0.2) is 78.2 Å². The summed E-state index contributed by atoms with van der Waals surface area (Å²) in [4.78, 5) is 0. The molecule has 0 radical (unpaired) electrons. The van der Waals surface area contributed by atoms with Crippen LogP contribution >= 0.6 is 0 Å². The molecular formula is C20H17NO. The van der Waals surface area contributed by atoms with Crippen molar-refractivity contribution >= 4 is 5.57 Å². The fourth-order valence-corrected chi connectivity index (χ4v) is 3.11. The first-order chi connectivity index (χ1) is 10.8. The molecule has 2 heteroatoms. The van der Waals surface area contributed by atoms with Crippen LogP contribution in [0.5, 0.6) is 5.75 Å². The Kier molecular flexibility index (Phi) is 3.08. The van der Waals surface area contributed by atoms with Gasteiger partial charge in [-0.1, -0.05) is 48.5 Å². The zero-order valence-corrected chi connectivity index (χ0v) is 12.3. The number of fused-ring (bicyclic) bond motifs is 4. The first kappa shape index (κ1) is 13.0. The van der Waals surface area contributed by atoms with Crippen molar-refractivity contribution in [3.63, 3.8) is 0 Å². The number of allylic oxidation sites excluding steroid dienone is 4. The lowest BCUT2D eigenvalue weighted by Gasteiger charge is -2.25. The third-order valence-corrected chi connectivity index (χ3v) is 4.15. The largest absolute Gasteiger partial charge is 0.461 e. The van der Waals surface area contributed by atoms with E-state index in [1.807, 2.05) is 30.4 Å². The molecule has 4 rings (SSSR count). The highest BCUT2D eigenvalue weighted by Crippen LogP contribution is 2.42. The summed E-state index contributed by atoms with van der Waals surface area (Å²) in [6, 6.07) is 16.7. The molecule has 0 spiro atoms. The van der Waals surface area contributed by atoms with Crippen molar-refractivity contribution < 1.29 is 4.74 Å². The highest BCUT2D eigenvalue weighted by atomic mass is 16.5. The lowest BCUT2D eigenvalue weighted by molar-refractivity contribution is 0.406. The first-order valence-electron chi connectivity index (χ1n) is 7.51. The Morgan fingerprint density at radius 3 is 2.73 bits per heavy atom. The van der Waals surface area contributed by atoms with E-state index in [4.69, 9.17) is 10.5 Å². The van der Waals surface area contributed by atoms with Crippen molar-refractivity contribution in [2.45, 2.75) is 12.8 Å². The number of hydrogen-bond donors (Lipinski definition) is 1. The van der Waals surface area contributed by atoms with Gasteiger partial charge in [-0.05, 0) is 41.3 Å². The van der Waals surface area contributed by atoms with Gasteiger partial charge in [0.2, 0.25) is 0 Å². The molecule has 0 unspecified atom stereocenters. The fraction of sp³-hybridized carbons (Fsp3) is 0.100. The molecule has 0 amide bonds. The van der Waals surface area contributed by atoms with Gasteiger partial charge >= 0.3 is 0 Å². The summed E-state index contributed by atoms with van der Waals surface area (Å²) in [5.74, 6) is 1.86. The van der Waals surface area contributed by atoms with E-state index < -0.39 is 0 Å². The van der Waals surface area contributed by atoms with E-state index in [1.54, 1.807) is 0 Å². The Labute approximate surface area is 130 Å². The molecular weight excluding hydrogens is 270 g/mol. The van der Waals surface area contributed by atoms with Gasteiger partial charge in [0.15, 0.2) is 0 Å². The number of nitrogens with two attached hydrogens (primary N) is 1. The van der Waals surface area contributed by atoms with Crippen molar-refractivity contribution in [2.75, 3.05) is 0 Å². The number of ether oxygens (including phenoxy) is 1. The maximum absolute atomic E-state index is 6.27. The van der Waals surface area contributed by atoms with Gasteiger partial charge < -0.3 is 10.5 Å². The Balaban J connectivity index is 1.85. The summed E-state index contributed by atoms with van der Waals surface area (Å²) < 4.78 is 6.03. The molecule has 0 fully saturated rings. The molecule has 0 saturated heterocycles. The van der Waals surface area contributed by atoms with E-state index in [9.17, 15) is 0 Å². The first-order valence-corrected chi connectivity index (χ1v) is 7.51. The molecule has 1 aliphatic heterocycles. The predicted octanol–water partition coefficient (Wildman–Crippen LogP) is 4.18. The van der Waals surface area contributed by atoms with Gasteiger partial charge in [-0.3, -0.25) is 0 Å². The third-order valence-electron chi connectivity index (χ3n) is 4.15. The zero-order chi connectivity index (χ0) is 14.9. The summed E-state index contributed by atoms with van der Waals surface area (Å²) >= 11 is 0. The molecule has 0 atom stereocenters. The van der Waals surface area contributed by atoms with Crippen LogP contribution in [-0.2, 0) is 6.42 Å². The maximum atomic E-state index is 6.27. The van der Waals surface area contributed by atoms with Crippen LogP contribution in [0.3, 0.4) is 0 Å². The molecule has 2 bridgehead atoms. The van der Waals surface area contributed by atoms with Crippen LogP contribution < -0.4 is 10.5 Å². The molecule has 1 heterocycles. The van der Waals surface area contributed by atoms with Crippen LogP contribution in [0.25, 0.3) is 5.57 Å². The minimum atomic E-state index is 0.762. The SMILES string of the molecule is NC1=C2CC(=CC=C1)Oc1cccc(Cc3ccccc3)c12. The quantitative estimate of drug-likeness (QED) is 0.899. The third kappa shape index (κ3) is 2.23. The van der Waals surface area contributed by atoms with E-state index in [0.717, 1.165) is 35.6 Å². The molecule has 1 aliphatic carbocycles. The molecule has 2 N–H and O–H groups in total. The van der Waals surface area contributed by atoms with Gasteiger partial charge in [-0.2, -0.15) is 0 Å². The van der Waals surface area contributed by atoms with Crippen LogP contribution in [0.1, 0.15) is 23.1 Å². The highest BCUT2D eigenvalue weighted by molar-refractivity contribution is 5.80. The Morgan fingerprint density at radius 2 is 1.86 bits per heavy atom. The monoisotopic (exact) mass is 287 g/mol. The lowest BCUT2D eigenvalue weighted by Crippen LogP contribution is -2.11. The Hall–Kier alpha value is -2.74. The van der Waals surface area contributed by atoms with Gasteiger partial charge in [-0.15, -0.1) is 0 Å². The number of rotatable bonds is 2. The second-order valence-corrected chi connectivity index (χ2v) is 5.66. The summed E-state index contributed by atoms with van der Waals surface area (Å²) in [5, 5.41) is 0. The second-order valence-electron chi connectivity index (χ2n) is 5.66. The average Bonchev–Trinajstić information content (AvgIpc) is 2.68.